The summed E-state index contributed by atoms with van der Waals surface area (Å²) >= 11 is 0. The van der Waals surface area contributed by atoms with Crippen LogP contribution in [0.4, 0.5) is 5.69 Å². The topological polar surface area (TPSA) is 55.3 Å². The van der Waals surface area contributed by atoms with Crippen molar-refractivity contribution in [2.75, 3.05) is 18.0 Å². The lowest BCUT2D eigenvalue weighted by atomic mass is 10.0. The molecule has 16 heavy (non-hydrogen) atoms. The van der Waals surface area contributed by atoms with Gasteiger partial charge in [-0.05, 0) is 18.8 Å². The quantitative estimate of drug-likeness (QED) is 0.849. The monoisotopic (exact) mass is 223 g/mol. The van der Waals surface area contributed by atoms with Crippen molar-refractivity contribution in [1.82, 2.24) is 5.16 Å². The highest BCUT2D eigenvalue weighted by atomic mass is 16.5. The number of nitrogens with zero attached hydrogens (tertiary/aromatic N) is 2. The fourth-order valence-corrected chi connectivity index (χ4v) is 2.17. The number of piperidine rings is 1. The van der Waals surface area contributed by atoms with Crippen LogP contribution in [-0.4, -0.2) is 24.3 Å². The first-order valence-electron chi connectivity index (χ1n) is 6.11. The third-order valence-corrected chi connectivity index (χ3v) is 3.10. The van der Waals surface area contributed by atoms with Gasteiger partial charge in [-0.25, -0.2) is 0 Å². The van der Waals surface area contributed by atoms with Crippen molar-refractivity contribution in [1.29, 1.82) is 0 Å². The molecule has 0 spiro atoms. The summed E-state index contributed by atoms with van der Waals surface area (Å²) in [6, 6.07) is 0.365. The van der Waals surface area contributed by atoms with Gasteiger partial charge in [0.1, 0.15) is 5.69 Å². The van der Waals surface area contributed by atoms with Crippen molar-refractivity contribution in [2.45, 2.75) is 39.2 Å². The Hall–Kier alpha value is -1.03. The van der Waals surface area contributed by atoms with Gasteiger partial charge in [-0.15, -0.1) is 0 Å². The fourth-order valence-electron chi connectivity index (χ4n) is 2.17. The predicted octanol–water partition coefficient (Wildman–Crippen LogP) is 1.80. The van der Waals surface area contributed by atoms with Gasteiger partial charge in [-0.2, -0.15) is 0 Å². The fraction of sp³-hybridized carbons (Fsp3) is 0.750. The molecule has 2 heterocycles. The minimum atomic E-state index is 0.365. The molecule has 1 aliphatic rings. The molecule has 0 atom stereocenters. The SMILES string of the molecule is CC(C)Cc1oncc1N1CCC(N)CC1. The van der Waals surface area contributed by atoms with Crippen LogP contribution in [0.5, 0.6) is 0 Å². The van der Waals surface area contributed by atoms with Crippen LogP contribution in [0.15, 0.2) is 10.7 Å². The second-order valence-corrected chi connectivity index (χ2v) is 5.06. The third kappa shape index (κ3) is 2.55. The van der Waals surface area contributed by atoms with Crippen molar-refractivity contribution < 1.29 is 4.52 Å². The molecular weight excluding hydrogens is 202 g/mol. The highest BCUT2D eigenvalue weighted by Crippen LogP contribution is 2.25. The maximum absolute atomic E-state index is 5.90. The van der Waals surface area contributed by atoms with E-state index in [1.807, 2.05) is 6.20 Å². The molecule has 0 unspecified atom stereocenters. The molecule has 0 radical (unpaired) electrons. The van der Waals surface area contributed by atoms with Gasteiger partial charge in [0, 0.05) is 25.6 Å². The van der Waals surface area contributed by atoms with E-state index in [1.54, 1.807) is 0 Å². The first kappa shape index (κ1) is 11.5. The van der Waals surface area contributed by atoms with Gasteiger partial charge in [0.15, 0.2) is 5.76 Å². The van der Waals surface area contributed by atoms with Crippen LogP contribution >= 0.6 is 0 Å². The van der Waals surface area contributed by atoms with Crippen molar-refractivity contribution in [3.8, 4) is 0 Å². The Kier molecular flexibility index (Phi) is 3.49. The molecule has 0 aliphatic carbocycles. The number of nitrogens with two attached hydrogens (primary N) is 1. The molecule has 0 aromatic carbocycles. The molecule has 0 saturated carbocycles. The molecule has 1 fully saturated rings. The molecular formula is C12H21N3O. The molecule has 4 nitrogen and oxygen atoms in total. The lowest BCUT2D eigenvalue weighted by Crippen LogP contribution is -2.39. The third-order valence-electron chi connectivity index (χ3n) is 3.10. The summed E-state index contributed by atoms with van der Waals surface area (Å²) in [6.45, 7) is 6.43. The average Bonchev–Trinajstić information content (AvgIpc) is 2.66. The Morgan fingerprint density at radius 2 is 2.19 bits per heavy atom. The Morgan fingerprint density at radius 3 is 2.81 bits per heavy atom. The van der Waals surface area contributed by atoms with E-state index in [9.17, 15) is 0 Å². The van der Waals surface area contributed by atoms with E-state index in [0.717, 1.165) is 38.1 Å². The van der Waals surface area contributed by atoms with Gasteiger partial charge >= 0.3 is 0 Å². The Labute approximate surface area is 96.8 Å². The van der Waals surface area contributed by atoms with Crippen LogP contribution in [0.25, 0.3) is 0 Å². The highest BCUT2D eigenvalue weighted by molar-refractivity contribution is 5.48. The lowest BCUT2D eigenvalue weighted by molar-refractivity contribution is 0.368. The maximum Gasteiger partial charge on any atom is 0.160 e. The van der Waals surface area contributed by atoms with Crippen LogP contribution in [0.1, 0.15) is 32.4 Å². The van der Waals surface area contributed by atoms with Gasteiger partial charge in [-0.1, -0.05) is 19.0 Å². The zero-order valence-electron chi connectivity index (χ0n) is 10.1. The van der Waals surface area contributed by atoms with E-state index < -0.39 is 0 Å². The molecule has 0 amide bonds. The van der Waals surface area contributed by atoms with Crippen molar-refractivity contribution >= 4 is 5.69 Å². The molecule has 0 bridgehead atoms. The first-order chi connectivity index (χ1) is 7.66. The highest BCUT2D eigenvalue weighted by Gasteiger charge is 2.21. The van der Waals surface area contributed by atoms with E-state index in [0.29, 0.717) is 12.0 Å². The average molecular weight is 223 g/mol. The van der Waals surface area contributed by atoms with Gasteiger partial charge in [0.05, 0.1) is 6.20 Å². The second-order valence-electron chi connectivity index (χ2n) is 5.06. The van der Waals surface area contributed by atoms with Crippen LogP contribution in [0.2, 0.25) is 0 Å². The minimum absolute atomic E-state index is 0.365. The number of aromatic nitrogens is 1. The lowest BCUT2D eigenvalue weighted by Gasteiger charge is -2.31. The smallest absolute Gasteiger partial charge is 0.160 e. The molecule has 2 rings (SSSR count). The largest absolute Gasteiger partial charge is 0.367 e. The van der Waals surface area contributed by atoms with Gasteiger partial charge in [0.25, 0.3) is 0 Å². The summed E-state index contributed by atoms with van der Waals surface area (Å²) in [5, 5.41) is 3.92. The zero-order chi connectivity index (χ0) is 11.5. The summed E-state index contributed by atoms with van der Waals surface area (Å²) < 4.78 is 5.33. The molecule has 90 valence electrons. The molecule has 1 aromatic rings. The van der Waals surface area contributed by atoms with Gasteiger partial charge in [-0.3, -0.25) is 0 Å². The number of hydrogen-bond donors (Lipinski definition) is 1. The predicted molar refractivity (Wildman–Crippen MR) is 64.5 cm³/mol. The molecule has 2 N–H and O–H groups in total. The zero-order valence-corrected chi connectivity index (χ0v) is 10.1. The summed E-state index contributed by atoms with van der Waals surface area (Å²) in [5.74, 6) is 1.62. The van der Waals surface area contributed by atoms with E-state index in [1.165, 1.54) is 5.69 Å². The number of hydrogen-bond acceptors (Lipinski definition) is 4. The summed E-state index contributed by atoms with van der Waals surface area (Å²) in [6.07, 6.45) is 4.92. The summed E-state index contributed by atoms with van der Waals surface area (Å²) in [5.41, 5.74) is 7.07. The number of rotatable bonds is 3. The molecule has 4 heteroatoms. The standard InChI is InChI=1S/C12H21N3O/c1-9(2)7-12-11(8-14-16-12)15-5-3-10(13)4-6-15/h8-10H,3-7,13H2,1-2H3. The van der Waals surface area contributed by atoms with Crippen LogP contribution in [0, 0.1) is 5.92 Å². The molecule has 1 aromatic heterocycles. The second kappa shape index (κ2) is 4.87. The minimum Gasteiger partial charge on any atom is -0.367 e. The first-order valence-corrected chi connectivity index (χ1v) is 6.11. The maximum atomic E-state index is 5.90. The van der Waals surface area contributed by atoms with Crippen LogP contribution in [-0.2, 0) is 6.42 Å². The van der Waals surface area contributed by atoms with E-state index >= 15 is 0 Å². The van der Waals surface area contributed by atoms with E-state index in [2.05, 4.69) is 23.9 Å². The van der Waals surface area contributed by atoms with Crippen LogP contribution < -0.4 is 10.6 Å². The normalized spacial score (nSPS) is 18.4. The van der Waals surface area contributed by atoms with E-state index in [4.69, 9.17) is 10.3 Å². The summed E-state index contributed by atoms with van der Waals surface area (Å²) in [7, 11) is 0. The van der Waals surface area contributed by atoms with E-state index in [-0.39, 0.29) is 0 Å². The van der Waals surface area contributed by atoms with Gasteiger partial charge < -0.3 is 15.2 Å². The Balaban J connectivity index is 2.05. The summed E-state index contributed by atoms with van der Waals surface area (Å²) in [4.78, 5) is 2.34. The Bertz CT molecular complexity index is 327. The van der Waals surface area contributed by atoms with Gasteiger partial charge in [0.2, 0.25) is 0 Å². The van der Waals surface area contributed by atoms with Crippen molar-refractivity contribution in [2.24, 2.45) is 11.7 Å². The Morgan fingerprint density at radius 1 is 1.50 bits per heavy atom. The van der Waals surface area contributed by atoms with Crippen LogP contribution in [0.3, 0.4) is 0 Å². The van der Waals surface area contributed by atoms with Crippen molar-refractivity contribution in [3.05, 3.63) is 12.0 Å². The molecule has 1 aliphatic heterocycles. The molecule has 1 saturated heterocycles. The number of anilines is 1. The van der Waals surface area contributed by atoms with Crippen molar-refractivity contribution in [3.63, 3.8) is 0 Å².